The Hall–Kier alpha value is -1.59. The van der Waals surface area contributed by atoms with E-state index in [9.17, 15) is 9.90 Å². The second kappa shape index (κ2) is 6.98. The highest BCUT2D eigenvalue weighted by Crippen LogP contribution is 2.17. The van der Waals surface area contributed by atoms with Crippen LogP contribution in [0.2, 0.25) is 0 Å². The van der Waals surface area contributed by atoms with Crippen molar-refractivity contribution in [3.8, 4) is 5.75 Å². The van der Waals surface area contributed by atoms with Gasteiger partial charge < -0.3 is 20.9 Å². The summed E-state index contributed by atoms with van der Waals surface area (Å²) in [6.07, 6.45) is -0.0303. The summed E-state index contributed by atoms with van der Waals surface area (Å²) in [6, 6.07) is 6.64. The highest BCUT2D eigenvalue weighted by molar-refractivity contribution is 5.77. The predicted molar refractivity (Wildman–Crippen MR) is 69.1 cm³/mol. The summed E-state index contributed by atoms with van der Waals surface area (Å²) >= 11 is 0. The van der Waals surface area contributed by atoms with E-state index in [2.05, 4.69) is 5.32 Å². The fourth-order valence-electron chi connectivity index (χ4n) is 1.65. The maximum atomic E-state index is 11.7. The molecular formula is C13H20N2O3. The molecule has 1 aromatic carbocycles. The van der Waals surface area contributed by atoms with E-state index >= 15 is 0 Å². The Bertz CT molecular complexity index is 392. The Balaban J connectivity index is 2.54. The molecule has 1 aromatic rings. The topological polar surface area (TPSA) is 84.6 Å². The highest BCUT2D eigenvalue weighted by Gasteiger charge is 2.14. The molecule has 0 radical (unpaired) electrons. The first-order chi connectivity index (χ1) is 8.56. The molecular weight excluding hydrogens is 232 g/mol. The van der Waals surface area contributed by atoms with Crippen LogP contribution in [-0.4, -0.2) is 30.8 Å². The molecule has 5 heteroatoms. The van der Waals surface area contributed by atoms with Crippen LogP contribution in [0.4, 0.5) is 0 Å². The number of benzene rings is 1. The molecule has 18 heavy (non-hydrogen) atoms. The quantitative estimate of drug-likeness (QED) is 0.703. The molecule has 0 aliphatic carbocycles. The largest absolute Gasteiger partial charge is 0.508 e. The van der Waals surface area contributed by atoms with Crippen LogP contribution >= 0.6 is 0 Å². The van der Waals surface area contributed by atoms with E-state index in [4.69, 9.17) is 10.5 Å². The average molecular weight is 252 g/mol. The Morgan fingerprint density at radius 3 is 2.83 bits per heavy atom. The third-order valence-electron chi connectivity index (χ3n) is 2.76. The maximum Gasteiger partial charge on any atom is 0.223 e. The van der Waals surface area contributed by atoms with Crippen molar-refractivity contribution < 1.29 is 14.6 Å². The fourth-order valence-corrected chi connectivity index (χ4v) is 1.65. The Labute approximate surface area is 107 Å². The smallest absolute Gasteiger partial charge is 0.223 e. The lowest BCUT2D eigenvalue weighted by Gasteiger charge is -2.17. The normalized spacial score (nSPS) is 13.9. The zero-order chi connectivity index (χ0) is 13.5. The van der Waals surface area contributed by atoms with Crippen LogP contribution in [0.5, 0.6) is 5.75 Å². The SMILES string of the molecule is COC(CN)CC(=O)NC(C)c1cccc(O)c1. The number of nitrogens with one attached hydrogen (secondary N) is 1. The molecule has 2 atom stereocenters. The van der Waals surface area contributed by atoms with E-state index in [0.29, 0.717) is 6.54 Å². The van der Waals surface area contributed by atoms with Crippen molar-refractivity contribution in [2.75, 3.05) is 13.7 Å². The Kier molecular flexibility index (Phi) is 5.61. The first kappa shape index (κ1) is 14.5. The number of ether oxygens (including phenoxy) is 1. The summed E-state index contributed by atoms with van der Waals surface area (Å²) in [6.45, 7) is 2.17. The first-order valence-electron chi connectivity index (χ1n) is 5.88. The highest BCUT2D eigenvalue weighted by atomic mass is 16.5. The molecule has 4 N–H and O–H groups in total. The summed E-state index contributed by atoms with van der Waals surface area (Å²) in [4.78, 5) is 11.7. The fraction of sp³-hybridized carbons (Fsp3) is 0.462. The molecule has 0 saturated carbocycles. The zero-order valence-corrected chi connectivity index (χ0v) is 10.7. The van der Waals surface area contributed by atoms with Gasteiger partial charge in [-0.2, -0.15) is 0 Å². The summed E-state index contributed by atoms with van der Waals surface area (Å²) in [5.41, 5.74) is 6.31. The van der Waals surface area contributed by atoms with Gasteiger partial charge in [-0.15, -0.1) is 0 Å². The van der Waals surface area contributed by atoms with Crippen molar-refractivity contribution in [2.45, 2.75) is 25.5 Å². The number of rotatable bonds is 6. The number of phenols is 1. The van der Waals surface area contributed by atoms with Crippen molar-refractivity contribution in [1.82, 2.24) is 5.32 Å². The number of phenolic OH excluding ortho intramolecular Hbond substituents is 1. The number of hydrogen-bond donors (Lipinski definition) is 3. The lowest BCUT2D eigenvalue weighted by Crippen LogP contribution is -2.33. The van der Waals surface area contributed by atoms with E-state index in [-0.39, 0.29) is 30.2 Å². The summed E-state index contributed by atoms with van der Waals surface area (Å²) < 4.78 is 5.05. The molecule has 1 amide bonds. The van der Waals surface area contributed by atoms with Crippen LogP contribution in [0.1, 0.15) is 24.9 Å². The van der Waals surface area contributed by atoms with Crippen LogP contribution in [0.3, 0.4) is 0 Å². The molecule has 0 fully saturated rings. The Morgan fingerprint density at radius 2 is 2.28 bits per heavy atom. The second-order valence-electron chi connectivity index (χ2n) is 4.18. The van der Waals surface area contributed by atoms with Crippen molar-refractivity contribution >= 4 is 5.91 Å². The van der Waals surface area contributed by atoms with Gasteiger partial charge in [-0.1, -0.05) is 12.1 Å². The van der Waals surface area contributed by atoms with Gasteiger partial charge in [0.2, 0.25) is 5.91 Å². The second-order valence-corrected chi connectivity index (χ2v) is 4.18. The molecule has 2 unspecified atom stereocenters. The van der Waals surface area contributed by atoms with Gasteiger partial charge in [0.1, 0.15) is 5.75 Å². The molecule has 0 heterocycles. The van der Waals surface area contributed by atoms with E-state index < -0.39 is 0 Å². The third kappa shape index (κ3) is 4.35. The van der Waals surface area contributed by atoms with Gasteiger partial charge in [0.15, 0.2) is 0 Å². The number of aromatic hydroxyl groups is 1. The summed E-state index contributed by atoms with van der Waals surface area (Å²) in [5, 5.41) is 12.2. The number of carbonyl (C=O) groups excluding carboxylic acids is 1. The van der Waals surface area contributed by atoms with E-state index in [1.165, 1.54) is 7.11 Å². The zero-order valence-electron chi connectivity index (χ0n) is 10.7. The Morgan fingerprint density at radius 1 is 1.56 bits per heavy atom. The van der Waals surface area contributed by atoms with Gasteiger partial charge in [0.05, 0.1) is 18.6 Å². The van der Waals surface area contributed by atoms with Gasteiger partial charge in [0.25, 0.3) is 0 Å². The monoisotopic (exact) mass is 252 g/mol. The van der Waals surface area contributed by atoms with Gasteiger partial charge in [-0.05, 0) is 24.6 Å². The van der Waals surface area contributed by atoms with E-state index in [0.717, 1.165) is 5.56 Å². The predicted octanol–water partition coefficient (Wildman–Crippen LogP) is 0.933. The molecule has 0 bridgehead atoms. The first-order valence-corrected chi connectivity index (χ1v) is 5.88. The average Bonchev–Trinajstić information content (AvgIpc) is 2.35. The number of methoxy groups -OCH3 is 1. The molecule has 0 aliphatic heterocycles. The molecule has 0 aliphatic rings. The van der Waals surface area contributed by atoms with Crippen LogP contribution in [0.15, 0.2) is 24.3 Å². The molecule has 0 spiro atoms. The summed E-state index contributed by atoms with van der Waals surface area (Å²) in [5.74, 6) is 0.0634. The third-order valence-corrected chi connectivity index (χ3v) is 2.76. The van der Waals surface area contributed by atoms with Crippen molar-refractivity contribution in [2.24, 2.45) is 5.73 Å². The van der Waals surface area contributed by atoms with Gasteiger partial charge in [-0.25, -0.2) is 0 Å². The molecule has 1 rings (SSSR count). The maximum absolute atomic E-state index is 11.7. The standard InChI is InChI=1S/C13H20N2O3/c1-9(10-4-3-5-11(16)6-10)15-13(17)7-12(8-14)18-2/h3-6,9,12,16H,7-8,14H2,1-2H3,(H,15,17). The number of nitrogens with two attached hydrogens (primary N) is 1. The number of amides is 1. The van der Waals surface area contributed by atoms with Crippen LogP contribution < -0.4 is 11.1 Å². The van der Waals surface area contributed by atoms with Crippen molar-refractivity contribution in [3.63, 3.8) is 0 Å². The van der Waals surface area contributed by atoms with Crippen LogP contribution in [0, 0.1) is 0 Å². The van der Waals surface area contributed by atoms with Crippen molar-refractivity contribution in [3.05, 3.63) is 29.8 Å². The molecule has 100 valence electrons. The summed E-state index contributed by atoms with van der Waals surface area (Å²) in [7, 11) is 1.53. The van der Waals surface area contributed by atoms with Crippen molar-refractivity contribution in [1.29, 1.82) is 0 Å². The number of hydrogen-bond acceptors (Lipinski definition) is 4. The van der Waals surface area contributed by atoms with Gasteiger partial charge in [-0.3, -0.25) is 4.79 Å². The minimum atomic E-state index is -0.263. The lowest BCUT2D eigenvalue weighted by molar-refractivity contribution is -0.124. The van der Waals surface area contributed by atoms with Gasteiger partial charge in [0, 0.05) is 13.7 Å². The van der Waals surface area contributed by atoms with E-state index in [1.54, 1.807) is 18.2 Å². The van der Waals surface area contributed by atoms with Gasteiger partial charge >= 0.3 is 0 Å². The minimum absolute atomic E-state index is 0.122. The molecule has 0 saturated heterocycles. The van der Waals surface area contributed by atoms with Crippen LogP contribution in [-0.2, 0) is 9.53 Å². The minimum Gasteiger partial charge on any atom is -0.508 e. The molecule has 0 aromatic heterocycles. The number of carbonyl (C=O) groups is 1. The van der Waals surface area contributed by atoms with E-state index in [1.807, 2.05) is 13.0 Å². The lowest BCUT2D eigenvalue weighted by atomic mass is 10.1. The molecule has 5 nitrogen and oxygen atoms in total. The van der Waals surface area contributed by atoms with Crippen LogP contribution in [0.25, 0.3) is 0 Å².